The molecule has 1 aliphatic heterocycles. The van der Waals surface area contributed by atoms with Crippen LogP contribution >= 0.6 is 0 Å². The van der Waals surface area contributed by atoms with E-state index in [-0.39, 0.29) is 30.4 Å². The van der Waals surface area contributed by atoms with Crippen LogP contribution in [0, 0.1) is 5.92 Å². The molecular formula is C28H38BN3O6. The van der Waals surface area contributed by atoms with Crippen LogP contribution < -0.4 is 5.32 Å². The molecule has 0 radical (unpaired) electrons. The lowest BCUT2D eigenvalue weighted by atomic mass is 9.64. The second kappa shape index (κ2) is 14.2. The molecule has 204 valence electrons. The molecule has 2 N–H and O–H groups in total. The van der Waals surface area contributed by atoms with Crippen LogP contribution in [0.15, 0.2) is 48.5 Å². The van der Waals surface area contributed by atoms with E-state index in [0.29, 0.717) is 31.8 Å². The lowest BCUT2D eigenvalue weighted by Gasteiger charge is -2.30. The first-order chi connectivity index (χ1) is 18.2. The number of aliphatic hydroxyl groups excluding tert-OH is 1. The van der Waals surface area contributed by atoms with Crippen LogP contribution in [0.2, 0.25) is 5.82 Å². The maximum atomic E-state index is 13.4. The van der Waals surface area contributed by atoms with Gasteiger partial charge in [-0.3, -0.25) is 19.3 Å². The number of benzene rings is 1. The molecule has 3 rings (SSSR count). The van der Waals surface area contributed by atoms with E-state index >= 15 is 0 Å². The maximum Gasteiger partial charge on any atom is 0.531 e. The van der Waals surface area contributed by atoms with Gasteiger partial charge in [-0.25, -0.2) is 4.98 Å². The van der Waals surface area contributed by atoms with Crippen molar-refractivity contribution in [3.05, 3.63) is 54.2 Å². The molecular weight excluding hydrogens is 485 g/mol. The minimum Gasteiger partial charge on any atom is -0.508 e. The summed E-state index contributed by atoms with van der Waals surface area (Å²) in [7, 11) is -0.873. The number of nitrogens with one attached hydrogen (secondary N) is 1. The second-order valence-electron chi connectivity index (χ2n) is 10.1. The number of Topliss-reactive ketones (excluding diaryl/α,β-unsaturated/α-hetero) is 1. The molecule has 1 aromatic heterocycles. The maximum absolute atomic E-state index is 13.4. The Labute approximate surface area is 225 Å². The fraction of sp³-hybridized carbons (Fsp3) is 0.500. The van der Waals surface area contributed by atoms with Gasteiger partial charge in [-0.1, -0.05) is 57.2 Å². The van der Waals surface area contributed by atoms with Crippen LogP contribution in [0.4, 0.5) is 0 Å². The van der Waals surface area contributed by atoms with E-state index in [1.165, 1.54) is 6.92 Å². The average molecular weight is 523 g/mol. The Morgan fingerprint density at radius 3 is 2.53 bits per heavy atom. The third kappa shape index (κ3) is 8.47. The third-order valence-corrected chi connectivity index (χ3v) is 6.53. The molecule has 1 saturated heterocycles. The van der Waals surface area contributed by atoms with Crippen molar-refractivity contribution < 1.29 is 28.8 Å². The number of hydrogen-bond acceptors (Lipinski definition) is 8. The number of carbonyl (C=O) groups is 3. The van der Waals surface area contributed by atoms with Crippen molar-refractivity contribution in [2.75, 3.05) is 26.2 Å². The number of aromatic nitrogens is 1. The zero-order valence-electron chi connectivity index (χ0n) is 22.6. The molecule has 1 amide bonds. The summed E-state index contributed by atoms with van der Waals surface area (Å²) in [6.45, 7) is 9.28. The molecule has 38 heavy (non-hydrogen) atoms. The van der Waals surface area contributed by atoms with Gasteiger partial charge >= 0.3 is 13.1 Å². The van der Waals surface area contributed by atoms with Gasteiger partial charge in [0.1, 0.15) is 11.7 Å². The van der Waals surface area contributed by atoms with Gasteiger partial charge in [-0.2, -0.15) is 0 Å². The molecule has 0 spiro atoms. The van der Waals surface area contributed by atoms with Gasteiger partial charge in [0.25, 0.3) is 5.91 Å². The number of hydrogen-bond donors (Lipinski definition) is 2. The van der Waals surface area contributed by atoms with E-state index in [0.717, 1.165) is 5.56 Å². The highest BCUT2D eigenvalue weighted by Gasteiger charge is 2.39. The Bertz CT molecular complexity index is 1080. The molecule has 0 bridgehead atoms. The van der Waals surface area contributed by atoms with Crippen LogP contribution in [-0.4, -0.2) is 78.2 Å². The Hall–Kier alpha value is -3.08. The quantitative estimate of drug-likeness (QED) is 0.432. The first kappa shape index (κ1) is 29.5. The van der Waals surface area contributed by atoms with Gasteiger partial charge in [0, 0.05) is 31.0 Å². The summed E-state index contributed by atoms with van der Waals surface area (Å²) in [6, 6.07) is 13.4. The normalized spacial score (nSPS) is 17.2. The Balaban J connectivity index is 1.73. The van der Waals surface area contributed by atoms with E-state index < -0.39 is 37.0 Å². The third-order valence-electron chi connectivity index (χ3n) is 6.53. The molecule has 3 atom stereocenters. The molecule has 10 heteroatoms. The molecule has 0 aliphatic carbocycles. The summed E-state index contributed by atoms with van der Waals surface area (Å²) >= 11 is 0. The van der Waals surface area contributed by atoms with Gasteiger partial charge in [0.05, 0.1) is 18.3 Å². The lowest BCUT2D eigenvalue weighted by molar-refractivity contribution is -0.139. The van der Waals surface area contributed by atoms with Gasteiger partial charge in [-0.15, -0.1) is 0 Å². The minimum absolute atomic E-state index is 0.0268. The van der Waals surface area contributed by atoms with E-state index in [4.69, 9.17) is 9.31 Å². The standard InChI is InChI=1S/C28H38BN3O6/c1-5-32-14-15-37-29(38-26(35)18-32)22(16-19(2)3)17-25(34)27(20(4)33)31-28(36)24-13-9-12-23(30-24)21-10-7-6-8-11-21/h6-13,19-20,22,27,33H,5,14-18H2,1-4H3,(H,31,36)/t20-,22-,27+/m1/s1. The molecule has 1 aliphatic rings. The molecule has 0 unspecified atom stereocenters. The first-order valence-corrected chi connectivity index (χ1v) is 13.3. The van der Waals surface area contributed by atoms with E-state index in [2.05, 4.69) is 10.3 Å². The fourth-order valence-corrected chi connectivity index (χ4v) is 4.56. The van der Waals surface area contributed by atoms with Gasteiger partial charge in [0.15, 0.2) is 5.78 Å². The van der Waals surface area contributed by atoms with Crippen molar-refractivity contribution in [1.82, 2.24) is 15.2 Å². The first-order valence-electron chi connectivity index (χ1n) is 13.3. The number of likely N-dealkylation sites (N-methyl/N-ethyl adjacent to an activating group) is 1. The highest BCUT2D eigenvalue weighted by molar-refractivity contribution is 6.49. The zero-order valence-corrected chi connectivity index (χ0v) is 22.6. The van der Waals surface area contributed by atoms with Gasteiger partial charge in [-0.05, 0) is 37.9 Å². The minimum atomic E-state index is -1.15. The highest BCUT2D eigenvalue weighted by Crippen LogP contribution is 2.28. The van der Waals surface area contributed by atoms with E-state index in [9.17, 15) is 19.5 Å². The second-order valence-corrected chi connectivity index (χ2v) is 10.1. The zero-order chi connectivity index (χ0) is 27.7. The SMILES string of the molecule is CCN1CCOB([C@@H](CC(=O)[C@@H](NC(=O)c2cccc(-c3ccccc3)n2)[C@@H](C)O)CC(C)C)OC(=O)C1. The summed E-state index contributed by atoms with van der Waals surface area (Å²) in [5.41, 5.74) is 1.62. The number of ketones is 1. The monoisotopic (exact) mass is 523 g/mol. The smallest absolute Gasteiger partial charge is 0.508 e. The summed E-state index contributed by atoms with van der Waals surface area (Å²) < 4.78 is 11.5. The number of amides is 1. The van der Waals surface area contributed by atoms with Crippen molar-refractivity contribution in [2.45, 2.75) is 58.5 Å². The van der Waals surface area contributed by atoms with E-state index in [1.54, 1.807) is 18.2 Å². The summed E-state index contributed by atoms with van der Waals surface area (Å²) in [4.78, 5) is 45.3. The number of nitrogens with zero attached hydrogens (tertiary/aromatic N) is 2. The predicted octanol–water partition coefficient (Wildman–Crippen LogP) is 2.99. The number of pyridine rings is 1. The van der Waals surface area contributed by atoms with E-state index in [1.807, 2.05) is 56.0 Å². The Kier molecular flexibility index (Phi) is 11.0. The summed E-state index contributed by atoms with van der Waals surface area (Å²) in [6.07, 6.45) is -0.592. The molecule has 0 saturated carbocycles. The topological polar surface area (TPSA) is 118 Å². The Morgan fingerprint density at radius 1 is 1.13 bits per heavy atom. The number of aliphatic hydroxyl groups is 1. The van der Waals surface area contributed by atoms with Crippen LogP contribution in [0.3, 0.4) is 0 Å². The van der Waals surface area contributed by atoms with Crippen LogP contribution in [-0.2, 0) is 18.9 Å². The predicted molar refractivity (Wildman–Crippen MR) is 145 cm³/mol. The van der Waals surface area contributed by atoms with Gasteiger partial charge < -0.3 is 19.7 Å². The number of rotatable bonds is 11. The van der Waals surface area contributed by atoms with Crippen molar-refractivity contribution in [1.29, 1.82) is 0 Å². The van der Waals surface area contributed by atoms with Gasteiger partial charge in [0.2, 0.25) is 0 Å². The fourth-order valence-electron chi connectivity index (χ4n) is 4.56. The Morgan fingerprint density at radius 2 is 1.87 bits per heavy atom. The van der Waals surface area contributed by atoms with Crippen molar-refractivity contribution in [2.24, 2.45) is 5.92 Å². The summed E-state index contributed by atoms with van der Waals surface area (Å²) in [5, 5.41) is 13.1. The van der Waals surface area contributed by atoms with Crippen molar-refractivity contribution in [3.8, 4) is 11.3 Å². The van der Waals surface area contributed by atoms with Crippen molar-refractivity contribution in [3.63, 3.8) is 0 Å². The summed E-state index contributed by atoms with van der Waals surface area (Å²) in [5.74, 6) is -1.54. The molecule has 1 aromatic carbocycles. The number of carbonyl (C=O) groups excluding carboxylic acids is 3. The van der Waals surface area contributed by atoms with Crippen LogP contribution in [0.1, 0.15) is 51.0 Å². The molecule has 2 aromatic rings. The van der Waals surface area contributed by atoms with Crippen LogP contribution in [0.25, 0.3) is 11.3 Å². The van der Waals surface area contributed by atoms with Crippen LogP contribution in [0.5, 0.6) is 0 Å². The highest BCUT2D eigenvalue weighted by atomic mass is 16.6. The largest absolute Gasteiger partial charge is 0.531 e. The molecule has 1 fully saturated rings. The molecule has 2 heterocycles. The average Bonchev–Trinajstić information content (AvgIpc) is 2.88. The molecule has 9 nitrogen and oxygen atoms in total. The lowest BCUT2D eigenvalue weighted by Crippen LogP contribution is -2.49. The van der Waals surface area contributed by atoms with Crippen molar-refractivity contribution >= 4 is 24.8 Å².